The van der Waals surface area contributed by atoms with E-state index >= 15 is 0 Å². The summed E-state index contributed by atoms with van der Waals surface area (Å²) in [5.74, 6) is 0.871. The van der Waals surface area contributed by atoms with Gasteiger partial charge in [-0.1, -0.05) is 60.7 Å². The summed E-state index contributed by atoms with van der Waals surface area (Å²) >= 11 is 0. The second kappa shape index (κ2) is 11.2. The van der Waals surface area contributed by atoms with Crippen LogP contribution < -0.4 is 10.1 Å². The lowest BCUT2D eigenvalue weighted by Gasteiger charge is -2.19. The predicted octanol–water partition coefficient (Wildman–Crippen LogP) is 5.48. The Bertz CT molecular complexity index is 1230. The number of likely N-dealkylation sites (tertiary alicyclic amines) is 1. The van der Waals surface area contributed by atoms with Crippen molar-refractivity contribution in [3.8, 4) is 5.75 Å². The van der Waals surface area contributed by atoms with E-state index in [9.17, 15) is 4.79 Å². The maximum atomic E-state index is 13.0. The van der Waals surface area contributed by atoms with E-state index < -0.39 is 0 Å². The number of fused-ring (bicyclic) bond motifs is 1. The van der Waals surface area contributed by atoms with Gasteiger partial charge in [0, 0.05) is 42.5 Å². The molecule has 0 spiro atoms. The minimum absolute atomic E-state index is 0.0406. The smallest absolute Gasteiger partial charge is 0.220 e. The zero-order chi connectivity index (χ0) is 23.9. The molecule has 1 aromatic heterocycles. The Kier molecular flexibility index (Phi) is 7.44. The Morgan fingerprint density at radius 2 is 1.69 bits per heavy atom. The summed E-state index contributed by atoms with van der Waals surface area (Å²) in [6.45, 7) is 4.45. The first-order valence-corrected chi connectivity index (χ1v) is 12.6. The van der Waals surface area contributed by atoms with Crippen LogP contribution in [0.5, 0.6) is 5.75 Å². The van der Waals surface area contributed by atoms with Crippen molar-refractivity contribution in [3.63, 3.8) is 0 Å². The maximum Gasteiger partial charge on any atom is 0.220 e. The fraction of sp³-hybridized carbons (Fsp3) is 0.300. The molecule has 2 heterocycles. The van der Waals surface area contributed by atoms with Crippen LogP contribution in [0.1, 0.15) is 41.9 Å². The van der Waals surface area contributed by atoms with Crippen molar-refractivity contribution in [1.29, 1.82) is 0 Å². The maximum absolute atomic E-state index is 13.0. The van der Waals surface area contributed by atoms with Gasteiger partial charge in [0.05, 0.1) is 0 Å². The van der Waals surface area contributed by atoms with Crippen LogP contribution in [0, 0.1) is 0 Å². The normalized spacial score (nSPS) is 14.7. The molecule has 1 amide bonds. The number of carbonyl (C=O) groups excluding carboxylic acids is 1. The molecule has 5 nitrogen and oxygen atoms in total. The Morgan fingerprint density at radius 1 is 0.943 bits per heavy atom. The number of H-pyrrole nitrogens is 1. The summed E-state index contributed by atoms with van der Waals surface area (Å²) in [7, 11) is 0. The first kappa shape index (κ1) is 23.2. The number of aromatic amines is 1. The van der Waals surface area contributed by atoms with Crippen LogP contribution in [0.4, 0.5) is 0 Å². The van der Waals surface area contributed by atoms with Crippen molar-refractivity contribution in [2.45, 2.75) is 31.8 Å². The minimum Gasteiger partial charge on any atom is -0.489 e. The van der Waals surface area contributed by atoms with E-state index in [1.807, 2.05) is 48.7 Å². The highest BCUT2D eigenvalue weighted by Gasteiger charge is 2.22. The highest BCUT2D eigenvalue weighted by atomic mass is 16.5. The van der Waals surface area contributed by atoms with Crippen LogP contribution in [0.15, 0.2) is 85.1 Å². The lowest BCUT2D eigenvalue weighted by atomic mass is 9.88. The van der Waals surface area contributed by atoms with E-state index in [1.165, 1.54) is 12.8 Å². The average Bonchev–Trinajstić information content (AvgIpc) is 3.57. The molecule has 0 radical (unpaired) electrons. The summed E-state index contributed by atoms with van der Waals surface area (Å²) in [5.41, 5.74) is 4.48. The van der Waals surface area contributed by atoms with E-state index in [-0.39, 0.29) is 11.8 Å². The number of nitrogens with zero attached hydrogens (tertiary/aromatic N) is 1. The summed E-state index contributed by atoms with van der Waals surface area (Å²) < 4.78 is 5.98. The number of carbonyl (C=O) groups is 1. The number of hydrogen-bond donors (Lipinski definition) is 2. The number of rotatable bonds is 10. The van der Waals surface area contributed by atoms with Crippen molar-refractivity contribution in [1.82, 2.24) is 15.2 Å². The summed E-state index contributed by atoms with van der Waals surface area (Å²) in [5, 5.41) is 4.31. The molecule has 0 aliphatic carbocycles. The number of aromatic nitrogens is 1. The largest absolute Gasteiger partial charge is 0.489 e. The average molecular weight is 468 g/mol. The minimum atomic E-state index is -0.0406. The Hall–Kier alpha value is -3.57. The Morgan fingerprint density at radius 3 is 2.49 bits per heavy atom. The molecule has 35 heavy (non-hydrogen) atoms. The van der Waals surface area contributed by atoms with Crippen LogP contribution in [0.3, 0.4) is 0 Å². The van der Waals surface area contributed by atoms with Gasteiger partial charge in [-0.25, -0.2) is 0 Å². The van der Waals surface area contributed by atoms with Crippen LogP contribution in [-0.2, 0) is 11.4 Å². The number of ether oxygens (including phenoxy) is 1. The lowest BCUT2D eigenvalue weighted by Crippen LogP contribution is -2.34. The molecular weight excluding hydrogens is 434 g/mol. The molecule has 1 aliphatic heterocycles. The quantitative estimate of drug-likeness (QED) is 0.325. The third-order valence-electron chi connectivity index (χ3n) is 6.87. The van der Waals surface area contributed by atoms with Crippen molar-refractivity contribution in [2.24, 2.45) is 0 Å². The SMILES string of the molecule is O=C(CC(c1ccc(OCc2ccccc2)cc1)c1c[nH]c2ccccc12)NCCN1CCCC1. The van der Waals surface area contributed by atoms with Gasteiger partial charge in [-0.05, 0) is 60.8 Å². The zero-order valence-corrected chi connectivity index (χ0v) is 20.1. The Balaban J connectivity index is 1.30. The van der Waals surface area contributed by atoms with Crippen molar-refractivity contribution >= 4 is 16.8 Å². The fourth-order valence-corrected chi connectivity index (χ4v) is 4.94. The van der Waals surface area contributed by atoms with Gasteiger partial charge in [0.25, 0.3) is 0 Å². The molecule has 0 bridgehead atoms. The fourth-order valence-electron chi connectivity index (χ4n) is 4.94. The first-order chi connectivity index (χ1) is 17.3. The third kappa shape index (κ3) is 5.92. The number of benzene rings is 3. The van der Waals surface area contributed by atoms with Crippen molar-refractivity contribution in [2.75, 3.05) is 26.2 Å². The number of nitrogens with one attached hydrogen (secondary N) is 2. The molecular formula is C30H33N3O2. The first-order valence-electron chi connectivity index (χ1n) is 12.6. The van der Waals surface area contributed by atoms with Gasteiger partial charge in [-0.15, -0.1) is 0 Å². The van der Waals surface area contributed by atoms with Gasteiger partial charge in [0.2, 0.25) is 5.91 Å². The molecule has 1 fully saturated rings. The standard InChI is InChI=1S/C30H33N3O2/c34-30(31-16-19-33-17-6-7-18-33)20-27(28-21-32-29-11-5-4-10-26(28)29)24-12-14-25(15-13-24)35-22-23-8-2-1-3-9-23/h1-5,8-15,21,27,32H,6-7,16-20,22H2,(H,31,34). The van der Waals surface area contributed by atoms with Gasteiger partial charge >= 0.3 is 0 Å². The van der Waals surface area contributed by atoms with E-state index in [2.05, 4.69) is 51.6 Å². The van der Waals surface area contributed by atoms with Crippen molar-refractivity contribution in [3.05, 3.63) is 102 Å². The Labute approximate surface area is 207 Å². The topological polar surface area (TPSA) is 57.4 Å². The van der Waals surface area contributed by atoms with Gasteiger partial charge in [0.1, 0.15) is 12.4 Å². The molecule has 2 N–H and O–H groups in total. The van der Waals surface area contributed by atoms with Crippen LogP contribution in [0.2, 0.25) is 0 Å². The van der Waals surface area contributed by atoms with Gasteiger partial charge in [0.15, 0.2) is 0 Å². The van der Waals surface area contributed by atoms with Gasteiger partial charge < -0.3 is 19.9 Å². The molecule has 1 aliphatic rings. The zero-order valence-electron chi connectivity index (χ0n) is 20.1. The van der Waals surface area contributed by atoms with E-state index in [0.29, 0.717) is 19.6 Å². The molecule has 4 aromatic rings. The summed E-state index contributed by atoms with van der Waals surface area (Å²) in [4.78, 5) is 18.8. The summed E-state index contributed by atoms with van der Waals surface area (Å²) in [6.07, 6.45) is 4.99. The molecule has 180 valence electrons. The van der Waals surface area contributed by atoms with E-state index in [0.717, 1.165) is 53.0 Å². The highest BCUT2D eigenvalue weighted by Crippen LogP contribution is 2.34. The molecule has 1 saturated heterocycles. The molecule has 5 rings (SSSR count). The van der Waals surface area contributed by atoms with Gasteiger partial charge in [-0.3, -0.25) is 4.79 Å². The summed E-state index contributed by atoms with van der Waals surface area (Å²) in [6, 6.07) is 26.6. The molecule has 3 aromatic carbocycles. The van der Waals surface area contributed by atoms with Crippen LogP contribution in [-0.4, -0.2) is 42.0 Å². The second-order valence-corrected chi connectivity index (χ2v) is 9.29. The lowest BCUT2D eigenvalue weighted by molar-refractivity contribution is -0.121. The third-order valence-corrected chi connectivity index (χ3v) is 6.87. The molecule has 0 saturated carbocycles. The predicted molar refractivity (Wildman–Crippen MR) is 141 cm³/mol. The van der Waals surface area contributed by atoms with Gasteiger partial charge in [-0.2, -0.15) is 0 Å². The number of amides is 1. The second-order valence-electron chi connectivity index (χ2n) is 9.29. The number of para-hydroxylation sites is 1. The van der Waals surface area contributed by atoms with Crippen LogP contribution >= 0.6 is 0 Å². The van der Waals surface area contributed by atoms with Crippen molar-refractivity contribution < 1.29 is 9.53 Å². The number of hydrogen-bond acceptors (Lipinski definition) is 3. The monoisotopic (exact) mass is 467 g/mol. The van der Waals surface area contributed by atoms with Crippen LogP contribution in [0.25, 0.3) is 10.9 Å². The molecule has 1 unspecified atom stereocenters. The van der Waals surface area contributed by atoms with E-state index in [4.69, 9.17) is 4.74 Å². The van der Waals surface area contributed by atoms with E-state index in [1.54, 1.807) is 0 Å². The highest BCUT2D eigenvalue weighted by molar-refractivity contribution is 5.86. The molecule has 1 atom stereocenters. The molecule has 5 heteroatoms.